The van der Waals surface area contributed by atoms with E-state index in [1.165, 1.54) is 0 Å². The van der Waals surface area contributed by atoms with E-state index in [1.807, 2.05) is 12.1 Å². The van der Waals surface area contributed by atoms with E-state index < -0.39 is 5.97 Å². The van der Waals surface area contributed by atoms with Crippen LogP contribution in [0.25, 0.3) is 0 Å². The number of halogens is 1. The number of rotatable bonds is 4. The van der Waals surface area contributed by atoms with Gasteiger partial charge in [-0.25, -0.2) is 0 Å². The molecule has 0 amide bonds. The minimum atomic E-state index is -0.521. The molecule has 0 fully saturated rings. The third-order valence-electron chi connectivity index (χ3n) is 2.48. The fraction of sp³-hybridized carbons (Fsp3) is 0.0714. The number of carbonyl (C=O) groups excluding carboxylic acids is 1. The molecule has 0 aromatic heterocycles. The maximum absolute atomic E-state index is 11.2. The van der Waals surface area contributed by atoms with Crippen LogP contribution in [0.15, 0.2) is 48.5 Å². The smallest absolute Gasteiger partial charge is 0.328 e. The van der Waals surface area contributed by atoms with Gasteiger partial charge >= 0.3 is 5.97 Å². The van der Waals surface area contributed by atoms with Gasteiger partial charge in [0.05, 0.1) is 6.42 Å². The van der Waals surface area contributed by atoms with Crippen LogP contribution in [0.3, 0.4) is 0 Å². The number of nitrogens with two attached hydrogens (primary N) is 1. The molecule has 2 rings (SSSR count). The molecule has 5 heteroatoms. The predicted octanol–water partition coefficient (Wildman–Crippen LogP) is 3.09. The highest BCUT2D eigenvalue weighted by Crippen LogP contribution is 2.26. The number of ether oxygens (including phenoxy) is 1. The monoisotopic (exact) mass is 277 g/mol. The Bertz CT molecular complexity index is 569. The van der Waals surface area contributed by atoms with Gasteiger partial charge in [0.25, 0.3) is 0 Å². The summed E-state index contributed by atoms with van der Waals surface area (Å²) in [5, 5.41) is 0.632. The van der Waals surface area contributed by atoms with Gasteiger partial charge in [-0.1, -0.05) is 29.8 Å². The Morgan fingerprint density at radius 2 is 1.79 bits per heavy atom. The van der Waals surface area contributed by atoms with E-state index in [0.29, 0.717) is 22.1 Å². The Morgan fingerprint density at radius 1 is 1.11 bits per heavy atom. The van der Waals surface area contributed by atoms with Crippen molar-refractivity contribution in [3.05, 3.63) is 59.1 Å². The van der Waals surface area contributed by atoms with Crippen LogP contribution in [0, 0.1) is 0 Å². The third-order valence-corrected chi connectivity index (χ3v) is 2.73. The number of hydrogen-bond donors (Lipinski definition) is 1. The lowest BCUT2D eigenvalue weighted by atomic mass is 10.1. The SMILES string of the molecule is NOC(=O)Cc1ccccc1Oc1ccc(Cl)cc1. The molecule has 98 valence electrons. The fourth-order valence-electron chi connectivity index (χ4n) is 1.58. The average molecular weight is 278 g/mol. The summed E-state index contributed by atoms with van der Waals surface area (Å²) in [5.74, 6) is 5.53. The number of carbonyl (C=O) groups is 1. The molecule has 0 spiro atoms. The van der Waals surface area contributed by atoms with Crippen molar-refractivity contribution in [2.75, 3.05) is 0 Å². The minimum Gasteiger partial charge on any atom is -0.457 e. The van der Waals surface area contributed by atoms with Crippen molar-refractivity contribution >= 4 is 17.6 Å². The second kappa shape index (κ2) is 6.22. The van der Waals surface area contributed by atoms with E-state index in [4.69, 9.17) is 22.2 Å². The highest BCUT2D eigenvalue weighted by molar-refractivity contribution is 6.30. The van der Waals surface area contributed by atoms with E-state index in [0.717, 1.165) is 0 Å². The van der Waals surface area contributed by atoms with Crippen molar-refractivity contribution in [2.45, 2.75) is 6.42 Å². The van der Waals surface area contributed by atoms with Crippen molar-refractivity contribution < 1.29 is 14.4 Å². The normalized spacial score (nSPS) is 10.0. The highest BCUT2D eigenvalue weighted by Gasteiger charge is 2.09. The Hall–Kier alpha value is -2.04. The lowest BCUT2D eigenvalue weighted by Gasteiger charge is -2.10. The quantitative estimate of drug-likeness (QED) is 0.873. The van der Waals surface area contributed by atoms with Crippen LogP contribution in [0.2, 0.25) is 5.02 Å². The van der Waals surface area contributed by atoms with E-state index in [1.54, 1.807) is 36.4 Å². The zero-order chi connectivity index (χ0) is 13.7. The molecule has 0 aliphatic carbocycles. The van der Waals surface area contributed by atoms with Crippen LogP contribution < -0.4 is 10.6 Å². The average Bonchev–Trinajstić information content (AvgIpc) is 2.43. The van der Waals surface area contributed by atoms with Gasteiger partial charge in [-0.3, -0.25) is 4.79 Å². The second-order valence-electron chi connectivity index (χ2n) is 3.83. The molecule has 2 N–H and O–H groups in total. The van der Waals surface area contributed by atoms with Gasteiger partial charge in [0.15, 0.2) is 0 Å². The van der Waals surface area contributed by atoms with Crippen molar-refractivity contribution in [1.29, 1.82) is 0 Å². The second-order valence-corrected chi connectivity index (χ2v) is 4.27. The van der Waals surface area contributed by atoms with Crippen molar-refractivity contribution in [3.8, 4) is 11.5 Å². The first-order chi connectivity index (χ1) is 9.19. The third kappa shape index (κ3) is 3.71. The summed E-state index contributed by atoms with van der Waals surface area (Å²) in [4.78, 5) is 15.4. The Labute approximate surface area is 115 Å². The van der Waals surface area contributed by atoms with Crippen LogP contribution in [0.1, 0.15) is 5.56 Å². The maximum atomic E-state index is 11.2. The van der Waals surface area contributed by atoms with Crippen LogP contribution in [-0.2, 0) is 16.1 Å². The molecule has 0 heterocycles. The first-order valence-corrected chi connectivity index (χ1v) is 5.97. The van der Waals surface area contributed by atoms with E-state index >= 15 is 0 Å². The summed E-state index contributed by atoms with van der Waals surface area (Å²) in [6.45, 7) is 0. The van der Waals surface area contributed by atoms with Gasteiger partial charge in [0, 0.05) is 10.6 Å². The van der Waals surface area contributed by atoms with Crippen molar-refractivity contribution in [3.63, 3.8) is 0 Å². The molecule has 0 atom stereocenters. The van der Waals surface area contributed by atoms with E-state index in [2.05, 4.69) is 4.84 Å². The first-order valence-electron chi connectivity index (χ1n) is 5.60. The molecule has 0 unspecified atom stereocenters. The summed E-state index contributed by atoms with van der Waals surface area (Å²) in [5.41, 5.74) is 0.702. The predicted molar refractivity (Wildman–Crippen MR) is 72.0 cm³/mol. The summed E-state index contributed by atoms with van der Waals surface area (Å²) in [7, 11) is 0. The summed E-state index contributed by atoms with van der Waals surface area (Å²) >= 11 is 5.80. The standard InChI is InChI=1S/C14H12ClNO3/c15-11-5-7-12(8-6-11)18-13-4-2-1-3-10(13)9-14(17)19-16/h1-8H,9,16H2. The molecule has 0 saturated carbocycles. The topological polar surface area (TPSA) is 61.5 Å². The number of hydrogen-bond acceptors (Lipinski definition) is 4. The molecule has 0 radical (unpaired) electrons. The molecule has 0 aliphatic rings. The molecular formula is C14H12ClNO3. The van der Waals surface area contributed by atoms with Gasteiger partial charge in [-0.05, 0) is 30.3 Å². The Kier molecular flexibility index (Phi) is 4.39. The van der Waals surface area contributed by atoms with Gasteiger partial charge < -0.3 is 9.57 Å². The molecule has 4 nitrogen and oxygen atoms in total. The van der Waals surface area contributed by atoms with Crippen molar-refractivity contribution in [2.24, 2.45) is 5.90 Å². The molecule has 0 bridgehead atoms. The molecule has 2 aromatic rings. The van der Waals surface area contributed by atoms with Crippen LogP contribution in [0.4, 0.5) is 0 Å². The van der Waals surface area contributed by atoms with Gasteiger partial charge in [-0.15, -0.1) is 0 Å². The maximum Gasteiger partial charge on any atom is 0.328 e. The molecular weight excluding hydrogens is 266 g/mol. The minimum absolute atomic E-state index is 0.0558. The fourth-order valence-corrected chi connectivity index (χ4v) is 1.70. The molecule has 2 aromatic carbocycles. The van der Waals surface area contributed by atoms with Crippen molar-refractivity contribution in [1.82, 2.24) is 0 Å². The molecule has 19 heavy (non-hydrogen) atoms. The molecule has 0 aliphatic heterocycles. The number of benzene rings is 2. The van der Waals surface area contributed by atoms with E-state index in [-0.39, 0.29) is 6.42 Å². The summed E-state index contributed by atoms with van der Waals surface area (Å²) < 4.78 is 5.70. The van der Waals surface area contributed by atoms with Crippen LogP contribution in [-0.4, -0.2) is 5.97 Å². The molecule has 0 saturated heterocycles. The van der Waals surface area contributed by atoms with Gasteiger partial charge in [0.2, 0.25) is 0 Å². The Morgan fingerprint density at radius 3 is 2.47 bits per heavy atom. The van der Waals surface area contributed by atoms with Crippen LogP contribution in [0.5, 0.6) is 11.5 Å². The van der Waals surface area contributed by atoms with E-state index in [9.17, 15) is 4.79 Å². The summed E-state index contributed by atoms with van der Waals surface area (Å²) in [6, 6.07) is 14.1. The summed E-state index contributed by atoms with van der Waals surface area (Å²) in [6.07, 6.45) is 0.0558. The van der Waals surface area contributed by atoms with Crippen LogP contribution >= 0.6 is 11.6 Å². The van der Waals surface area contributed by atoms with Gasteiger partial charge in [-0.2, -0.15) is 5.90 Å². The lowest BCUT2D eigenvalue weighted by Crippen LogP contribution is -2.12. The lowest BCUT2D eigenvalue weighted by molar-refractivity contribution is -0.143. The Balaban J connectivity index is 2.20. The highest BCUT2D eigenvalue weighted by atomic mass is 35.5. The zero-order valence-electron chi connectivity index (χ0n) is 10.0. The first kappa shape index (κ1) is 13.4. The van der Waals surface area contributed by atoms with Gasteiger partial charge in [0.1, 0.15) is 11.5 Å². The zero-order valence-corrected chi connectivity index (χ0v) is 10.8. The largest absolute Gasteiger partial charge is 0.457 e. The number of para-hydroxylation sites is 1.